The van der Waals surface area contributed by atoms with E-state index in [0.717, 1.165) is 35.2 Å². The van der Waals surface area contributed by atoms with Gasteiger partial charge in [-0.2, -0.15) is 0 Å². The van der Waals surface area contributed by atoms with Gasteiger partial charge in [0.15, 0.2) is 0 Å². The summed E-state index contributed by atoms with van der Waals surface area (Å²) >= 11 is 2.23. The van der Waals surface area contributed by atoms with Crippen molar-refractivity contribution in [1.82, 2.24) is 14.7 Å². The van der Waals surface area contributed by atoms with E-state index in [-0.39, 0.29) is 11.8 Å². The van der Waals surface area contributed by atoms with Gasteiger partial charge in [0.1, 0.15) is 0 Å². The van der Waals surface area contributed by atoms with Gasteiger partial charge >= 0.3 is 0 Å². The van der Waals surface area contributed by atoms with Gasteiger partial charge in [-0.3, -0.25) is 14.5 Å². The minimum absolute atomic E-state index is 0.0807. The van der Waals surface area contributed by atoms with Crippen LogP contribution in [0.4, 0.5) is 0 Å². The van der Waals surface area contributed by atoms with E-state index in [2.05, 4.69) is 27.5 Å². The SMILES string of the molecule is CN(C)C(=O)CN1CCCN(C(=O)c2ccc(I)cc2)CC1. The van der Waals surface area contributed by atoms with Crippen molar-refractivity contribution < 1.29 is 9.59 Å². The Morgan fingerprint density at radius 2 is 1.77 bits per heavy atom. The summed E-state index contributed by atoms with van der Waals surface area (Å²) in [5, 5.41) is 0. The minimum atomic E-state index is 0.0807. The first kappa shape index (κ1) is 17.2. The van der Waals surface area contributed by atoms with E-state index >= 15 is 0 Å². The van der Waals surface area contributed by atoms with Gasteiger partial charge in [0.05, 0.1) is 6.54 Å². The molecule has 2 amide bonds. The molecule has 0 N–H and O–H groups in total. The zero-order valence-electron chi connectivity index (χ0n) is 13.1. The van der Waals surface area contributed by atoms with Crippen LogP contribution >= 0.6 is 22.6 Å². The quantitative estimate of drug-likeness (QED) is 0.704. The average molecular weight is 415 g/mol. The summed E-state index contributed by atoms with van der Waals surface area (Å²) < 4.78 is 1.12. The Kier molecular flexibility index (Phi) is 6.19. The molecule has 0 atom stereocenters. The number of hydrogen-bond acceptors (Lipinski definition) is 3. The maximum atomic E-state index is 12.5. The summed E-state index contributed by atoms with van der Waals surface area (Å²) in [6.45, 7) is 3.45. The molecular weight excluding hydrogens is 393 g/mol. The van der Waals surface area contributed by atoms with Crippen LogP contribution in [0.5, 0.6) is 0 Å². The van der Waals surface area contributed by atoms with Crippen LogP contribution < -0.4 is 0 Å². The van der Waals surface area contributed by atoms with Gasteiger partial charge in [0.25, 0.3) is 5.91 Å². The topological polar surface area (TPSA) is 43.9 Å². The first-order valence-corrected chi connectivity index (χ1v) is 8.52. The van der Waals surface area contributed by atoms with Gasteiger partial charge < -0.3 is 9.80 Å². The highest BCUT2D eigenvalue weighted by atomic mass is 127. The lowest BCUT2D eigenvalue weighted by atomic mass is 10.2. The smallest absolute Gasteiger partial charge is 0.253 e. The average Bonchev–Trinajstić information content (AvgIpc) is 2.73. The van der Waals surface area contributed by atoms with Gasteiger partial charge in [-0.15, -0.1) is 0 Å². The number of carbonyl (C=O) groups is 2. The fraction of sp³-hybridized carbons (Fsp3) is 0.500. The van der Waals surface area contributed by atoms with Crippen LogP contribution in [0, 0.1) is 3.57 Å². The second-order valence-electron chi connectivity index (χ2n) is 5.72. The Bertz CT molecular complexity index is 531. The van der Waals surface area contributed by atoms with E-state index in [1.165, 1.54) is 0 Å². The molecule has 0 aliphatic carbocycles. The molecular formula is C16H22IN3O2. The summed E-state index contributed by atoms with van der Waals surface area (Å²) in [7, 11) is 3.54. The third-order valence-electron chi connectivity index (χ3n) is 3.82. The van der Waals surface area contributed by atoms with Crippen molar-refractivity contribution in [3.8, 4) is 0 Å². The molecule has 1 saturated heterocycles. The van der Waals surface area contributed by atoms with Crippen LogP contribution in [-0.2, 0) is 4.79 Å². The van der Waals surface area contributed by atoms with Crippen LogP contribution in [0.1, 0.15) is 16.8 Å². The molecule has 0 saturated carbocycles. The molecule has 0 spiro atoms. The summed E-state index contributed by atoms with van der Waals surface area (Å²) in [6, 6.07) is 7.66. The summed E-state index contributed by atoms with van der Waals surface area (Å²) in [6.07, 6.45) is 0.900. The molecule has 0 aromatic heterocycles. The maximum absolute atomic E-state index is 12.5. The first-order valence-electron chi connectivity index (χ1n) is 7.44. The number of rotatable bonds is 3. The predicted octanol–water partition coefficient (Wildman–Crippen LogP) is 1.53. The second kappa shape index (κ2) is 7.92. The van der Waals surface area contributed by atoms with E-state index in [9.17, 15) is 9.59 Å². The number of halogens is 1. The Balaban J connectivity index is 1.93. The van der Waals surface area contributed by atoms with Crippen molar-refractivity contribution in [3.63, 3.8) is 0 Å². The van der Waals surface area contributed by atoms with E-state index in [4.69, 9.17) is 0 Å². The van der Waals surface area contributed by atoms with Crippen molar-refractivity contribution in [2.24, 2.45) is 0 Å². The first-order chi connectivity index (χ1) is 10.5. The highest BCUT2D eigenvalue weighted by Crippen LogP contribution is 2.12. The largest absolute Gasteiger partial charge is 0.348 e. The van der Waals surface area contributed by atoms with E-state index in [0.29, 0.717) is 13.1 Å². The second-order valence-corrected chi connectivity index (χ2v) is 6.96. The summed E-state index contributed by atoms with van der Waals surface area (Å²) in [4.78, 5) is 30.0. The molecule has 0 bridgehead atoms. The molecule has 1 aliphatic rings. The van der Waals surface area contributed by atoms with Crippen LogP contribution in [0.3, 0.4) is 0 Å². The normalized spacial score (nSPS) is 16.2. The highest BCUT2D eigenvalue weighted by molar-refractivity contribution is 14.1. The lowest BCUT2D eigenvalue weighted by molar-refractivity contribution is -0.129. The number of amides is 2. The zero-order chi connectivity index (χ0) is 16.1. The number of carbonyl (C=O) groups excluding carboxylic acids is 2. The molecule has 22 heavy (non-hydrogen) atoms. The molecule has 1 fully saturated rings. The Morgan fingerprint density at radius 1 is 1.09 bits per heavy atom. The minimum Gasteiger partial charge on any atom is -0.348 e. The van der Waals surface area contributed by atoms with Gasteiger partial charge in [0, 0.05) is 49.4 Å². The molecule has 1 aromatic rings. The highest BCUT2D eigenvalue weighted by Gasteiger charge is 2.21. The molecule has 6 heteroatoms. The zero-order valence-corrected chi connectivity index (χ0v) is 15.2. The van der Waals surface area contributed by atoms with Crippen molar-refractivity contribution in [1.29, 1.82) is 0 Å². The number of benzene rings is 1. The van der Waals surface area contributed by atoms with Crippen molar-refractivity contribution in [2.75, 3.05) is 46.8 Å². The van der Waals surface area contributed by atoms with E-state index in [1.807, 2.05) is 29.2 Å². The Morgan fingerprint density at radius 3 is 2.41 bits per heavy atom. The van der Waals surface area contributed by atoms with E-state index in [1.54, 1.807) is 19.0 Å². The Hall–Kier alpha value is -1.15. The molecule has 120 valence electrons. The van der Waals surface area contributed by atoms with Crippen molar-refractivity contribution in [3.05, 3.63) is 33.4 Å². The third kappa shape index (κ3) is 4.67. The lowest BCUT2D eigenvalue weighted by Crippen LogP contribution is -2.39. The molecule has 0 unspecified atom stereocenters. The van der Waals surface area contributed by atoms with Gasteiger partial charge in [-0.05, 0) is 53.3 Å². The molecule has 1 aliphatic heterocycles. The monoisotopic (exact) mass is 415 g/mol. The summed E-state index contributed by atoms with van der Waals surface area (Å²) in [5.74, 6) is 0.189. The molecule has 1 aromatic carbocycles. The molecule has 5 nitrogen and oxygen atoms in total. The van der Waals surface area contributed by atoms with Crippen molar-refractivity contribution in [2.45, 2.75) is 6.42 Å². The van der Waals surface area contributed by atoms with Crippen LogP contribution in [0.2, 0.25) is 0 Å². The summed E-state index contributed by atoms with van der Waals surface area (Å²) in [5.41, 5.74) is 0.734. The predicted molar refractivity (Wildman–Crippen MR) is 94.8 cm³/mol. The van der Waals surface area contributed by atoms with E-state index < -0.39 is 0 Å². The Labute approximate surface area is 145 Å². The van der Waals surface area contributed by atoms with Gasteiger partial charge in [0.2, 0.25) is 5.91 Å². The maximum Gasteiger partial charge on any atom is 0.253 e. The molecule has 2 rings (SSSR count). The van der Waals surface area contributed by atoms with Crippen molar-refractivity contribution >= 4 is 34.4 Å². The number of nitrogens with zero attached hydrogens (tertiary/aromatic N) is 3. The fourth-order valence-corrected chi connectivity index (χ4v) is 2.80. The van der Waals surface area contributed by atoms with Crippen LogP contribution in [-0.4, -0.2) is 73.3 Å². The third-order valence-corrected chi connectivity index (χ3v) is 4.54. The molecule has 0 radical (unpaired) electrons. The molecule has 1 heterocycles. The fourth-order valence-electron chi connectivity index (χ4n) is 2.44. The van der Waals surface area contributed by atoms with Gasteiger partial charge in [-0.25, -0.2) is 0 Å². The van der Waals surface area contributed by atoms with Crippen LogP contribution in [0.25, 0.3) is 0 Å². The number of likely N-dealkylation sites (N-methyl/N-ethyl adjacent to an activating group) is 1. The standard InChI is InChI=1S/C16H22IN3O2/c1-18(2)15(21)12-19-8-3-9-20(11-10-19)16(22)13-4-6-14(17)7-5-13/h4-7H,3,8-12H2,1-2H3. The lowest BCUT2D eigenvalue weighted by Gasteiger charge is -2.22. The number of hydrogen-bond donors (Lipinski definition) is 0. The van der Waals surface area contributed by atoms with Crippen LogP contribution in [0.15, 0.2) is 24.3 Å². The van der Waals surface area contributed by atoms with Gasteiger partial charge in [-0.1, -0.05) is 0 Å².